The van der Waals surface area contributed by atoms with Crippen LogP contribution in [0.2, 0.25) is 5.02 Å². The van der Waals surface area contributed by atoms with Gasteiger partial charge < -0.3 is 4.90 Å². The Labute approximate surface area is 123 Å². The van der Waals surface area contributed by atoms with Crippen molar-refractivity contribution in [2.45, 2.75) is 38.5 Å². The Morgan fingerprint density at radius 2 is 1.72 bits per heavy atom. The van der Waals surface area contributed by atoms with E-state index < -0.39 is 0 Å². The van der Waals surface area contributed by atoms with Crippen molar-refractivity contribution in [1.29, 1.82) is 0 Å². The van der Waals surface area contributed by atoms with Gasteiger partial charge in [0, 0.05) is 28.7 Å². The Hall–Kier alpha value is -0.210. The summed E-state index contributed by atoms with van der Waals surface area (Å²) in [4.78, 5) is 2.49. The van der Waals surface area contributed by atoms with Gasteiger partial charge in [0.25, 0.3) is 0 Å². The highest BCUT2D eigenvalue weighted by Gasteiger charge is 2.42. The van der Waals surface area contributed by atoms with Crippen LogP contribution in [0.4, 0.5) is 5.69 Å². The van der Waals surface area contributed by atoms with Crippen LogP contribution in [0.5, 0.6) is 0 Å². The minimum Gasteiger partial charge on any atom is -0.370 e. The summed E-state index contributed by atoms with van der Waals surface area (Å²) in [6, 6.07) is 6.27. The largest absolute Gasteiger partial charge is 0.370 e. The molecule has 1 aliphatic heterocycles. The highest BCUT2D eigenvalue weighted by molar-refractivity contribution is 9.10. The van der Waals surface area contributed by atoms with E-state index in [4.69, 9.17) is 11.6 Å². The summed E-state index contributed by atoms with van der Waals surface area (Å²) < 4.78 is 1.00. The molecule has 0 bridgehead atoms. The zero-order chi connectivity index (χ0) is 12.6. The Kier molecular flexibility index (Phi) is 3.59. The highest BCUT2D eigenvalue weighted by Crippen LogP contribution is 2.45. The number of benzene rings is 1. The van der Waals surface area contributed by atoms with Crippen LogP contribution in [0.1, 0.15) is 38.5 Å². The Balaban J connectivity index is 1.68. The van der Waals surface area contributed by atoms with Gasteiger partial charge in [-0.05, 0) is 47.0 Å². The average molecular weight is 329 g/mol. The summed E-state index contributed by atoms with van der Waals surface area (Å²) in [7, 11) is 0. The third-order valence-corrected chi connectivity index (χ3v) is 5.70. The molecule has 1 nitrogen and oxygen atoms in total. The van der Waals surface area contributed by atoms with Crippen LogP contribution in [0.3, 0.4) is 0 Å². The van der Waals surface area contributed by atoms with E-state index in [2.05, 4.69) is 33.0 Å². The molecule has 0 N–H and O–H groups in total. The quantitative estimate of drug-likeness (QED) is 0.679. The van der Waals surface area contributed by atoms with Crippen molar-refractivity contribution in [3.8, 4) is 0 Å². The van der Waals surface area contributed by atoms with Gasteiger partial charge in [-0.15, -0.1) is 0 Å². The Morgan fingerprint density at radius 1 is 1.06 bits per heavy atom. The van der Waals surface area contributed by atoms with E-state index >= 15 is 0 Å². The van der Waals surface area contributed by atoms with Crippen LogP contribution in [0.25, 0.3) is 0 Å². The fraction of sp³-hybridized carbons (Fsp3) is 0.600. The number of anilines is 1. The molecule has 98 valence electrons. The van der Waals surface area contributed by atoms with Crippen LogP contribution >= 0.6 is 27.5 Å². The average Bonchev–Trinajstić information content (AvgIpc) is 2.56. The van der Waals surface area contributed by atoms with E-state index in [9.17, 15) is 0 Å². The maximum atomic E-state index is 6.04. The SMILES string of the molecule is Clc1ccc(N2CC3(CCCCCC3)C2)cc1Br. The molecule has 0 aromatic heterocycles. The summed E-state index contributed by atoms with van der Waals surface area (Å²) in [5.41, 5.74) is 1.93. The summed E-state index contributed by atoms with van der Waals surface area (Å²) in [6.45, 7) is 2.47. The molecular weight excluding hydrogens is 310 g/mol. The predicted molar refractivity (Wildman–Crippen MR) is 81.5 cm³/mol. The molecule has 1 saturated carbocycles. The smallest absolute Gasteiger partial charge is 0.0549 e. The minimum absolute atomic E-state index is 0.628. The van der Waals surface area contributed by atoms with Crippen molar-refractivity contribution in [2.75, 3.05) is 18.0 Å². The lowest BCUT2D eigenvalue weighted by molar-refractivity contribution is 0.180. The number of hydrogen-bond donors (Lipinski definition) is 0. The third-order valence-electron chi connectivity index (χ3n) is 4.49. The molecule has 1 aromatic rings. The van der Waals surface area contributed by atoms with E-state index in [1.54, 1.807) is 0 Å². The van der Waals surface area contributed by atoms with Crippen molar-refractivity contribution in [2.24, 2.45) is 5.41 Å². The predicted octanol–water partition coefficient (Wildman–Crippen LogP) is 5.26. The minimum atomic E-state index is 0.628. The molecule has 1 aromatic carbocycles. The summed E-state index contributed by atoms with van der Waals surface area (Å²) >= 11 is 9.55. The van der Waals surface area contributed by atoms with Gasteiger partial charge in [0.05, 0.1) is 5.02 Å². The second-order valence-corrected chi connectivity index (χ2v) is 7.13. The molecule has 0 radical (unpaired) electrons. The lowest BCUT2D eigenvalue weighted by Gasteiger charge is -2.51. The van der Waals surface area contributed by atoms with Gasteiger partial charge in [0.1, 0.15) is 0 Å². The molecular formula is C15H19BrClN. The maximum absolute atomic E-state index is 6.04. The second kappa shape index (κ2) is 5.05. The fourth-order valence-corrected chi connectivity index (χ4v) is 3.91. The normalized spacial score (nSPS) is 22.7. The van der Waals surface area contributed by atoms with E-state index in [0.717, 1.165) is 9.50 Å². The first-order valence-electron chi connectivity index (χ1n) is 6.89. The number of halogens is 2. The standard InChI is InChI=1S/C15H19BrClN/c16-13-9-12(5-6-14(13)17)18-10-15(11-18)7-3-1-2-4-8-15/h5-6,9H,1-4,7-8,10-11H2. The zero-order valence-electron chi connectivity index (χ0n) is 10.6. The van der Waals surface area contributed by atoms with Crippen LogP contribution in [0, 0.1) is 5.41 Å². The molecule has 0 amide bonds. The molecule has 18 heavy (non-hydrogen) atoms. The van der Waals surface area contributed by atoms with Gasteiger partial charge in [0.15, 0.2) is 0 Å². The summed E-state index contributed by atoms with van der Waals surface area (Å²) in [6.07, 6.45) is 8.59. The van der Waals surface area contributed by atoms with Crippen molar-refractivity contribution in [3.05, 3.63) is 27.7 Å². The molecule has 0 unspecified atom stereocenters. The van der Waals surface area contributed by atoms with Crippen molar-refractivity contribution >= 4 is 33.2 Å². The molecule has 1 heterocycles. The van der Waals surface area contributed by atoms with Gasteiger partial charge in [-0.3, -0.25) is 0 Å². The van der Waals surface area contributed by atoms with Crippen molar-refractivity contribution in [3.63, 3.8) is 0 Å². The van der Waals surface area contributed by atoms with Crippen LogP contribution in [-0.4, -0.2) is 13.1 Å². The first kappa shape index (κ1) is 12.8. The Morgan fingerprint density at radius 3 is 2.33 bits per heavy atom. The summed E-state index contributed by atoms with van der Waals surface area (Å²) in [5, 5.41) is 0.795. The Bertz CT molecular complexity index is 430. The van der Waals surface area contributed by atoms with Gasteiger partial charge in [-0.1, -0.05) is 37.3 Å². The molecule has 1 saturated heterocycles. The summed E-state index contributed by atoms with van der Waals surface area (Å²) in [5.74, 6) is 0. The number of nitrogens with zero attached hydrogens (tertiary/aromatic N) is 1. The van der Waals surface area contributed by atoms with Gasteiger partial charge in [-0.2, -0.15) is 0 Å². The molecule has 2 aliphatic rings. The number of hydrogen-bond acceptors (Lipinski definition) is 1. The van der Waals surface area contributed by atoms with E-state index in [1.165, 1.54) is 57.3 Å². The second-order valence-electron chi connectivity index (χ2n) is 5.87. The third kappa shape index (κ3) is 2.42. The highest BCUT2D eigenvalue weighted by atomic mass is 79.9. The first-order chi connectivity index (χ1) is 8.69. The molecule has 0 atom stereocenters. The van der Waals surface area contributed by atoms with E-state index in [0.29, 0.717) is 5.41 Å². The van der Waals surface area contributed by atoms with Crippen LogP contribution < -0.4 is 4.90 Å². The van der Waals surface area contributed by atoms with Crippen molar-refractivity contribution < 1.29 is 0 Å². The lowest BCUT2D eigenvalue weighted by Crippen LogP contribution is -2.56. The molecule has 3 heteroatoms. The number of rotatable bonds is 1. The molecule has 1 spiro atoms. The lowest BCUT2D eigenvalue weighted by atomic mass is 9.73. The fourth-order valence-electron chi connectivity index (χ4n) is 3.42. The van der Waals surface area contributed by atoms with Crippen molar-refractivity contribution in [1.82, 2.24) is 0 Å². The van der Waals surface area contributed by atoms with Crippen LogP contribution in [-0.2, 0) is 0 Å². The first-order valence-corrected chi connectivity index (χ1v) is 8.06. The van der Waals surface area contributed by atoms with Gasteiger partial charge >= 0.3 is 0 Å². The molecule has 3 rings (SSSR count). The zero-order valence-corrected chi connectivity index (χ0v) is 12.9. The van der Waals surface area contributed by atoms with Gasteiger partial charge in [-0.25, -0.2) is 0 Å². The monoisotopic (exact) mass is 327 g/mol. The van der Waals surface area contributed by atoms with E-state index in [-0.39, 0.29) is 0 Å². The molecule has 1 aliphatic carbocycles. The maximum Gasteiger partial charge on any atom is 0.0549 e. The molecule has 2 fully saturated rings. The van der Waals surface area contributed by atoms with Crippen LogP contribution in [0.15, 0.2) is 22.7 Å². The van der Waals surface area contributed by atoms with E-state index in [1.807, 2.05) is 6.07 Å². The van der Waals surface area contributed by atoms with Gasteiger partial charge in [0.2, 0.25) is 0 Å². The topological polar surface area (TPSA) is 3.24 Å².